The summed E-state index contributed by atoms with van der Waals surface area (Å²) in [4.78, 5) is 15.7. The molecule has 0 atom stereocenters. The molecule has 0 saturated heterocycles. The van der Waals surface area contributed by atoms with Crippen LogP contribution in [0.15, 0.2) is 12.4 Å². The van der Waals surface area contributed by atoms with Crippen molar-refractivity contribution in [3.63, 3.8) is 0 Å². The fourth-order valence-electron chi connectivity index (χ4n) is 1.42. The molecule has 0 bridgehead atoms. The first-order chi connectivity index (χ1) is 7.22. The smallest absolute Gasteiger partial charge is 0.197 e. The number of H-pyrrole nitrogens is 1. The molecule has 0 aliphatic heterocycles. The van der Waals surface area contributed by atoms with E-state index in [0.717, 1.165) is 17.7 Å². The average Bonchev–Trinajstić information content (AvgIpc) is 2.75. The molecule has 5 nitrogen and oxygen atoms in total. The Labute approximate surface area is 87.8 Å². The highest BCUT2D eigenvalue weighted by molar-refractivity contribution is 5.51. The number of anilines is 1. The van der Waals surface area contributed by atoms with Gasteiger partial charge in [-0.1, -0.05) is 6.92 Å². The van der Waals surface area contributed by atoms with E-state index in [2.05, 4.69) is 19.9 Å². The Morgan fingerprint density at radius 1 is 1.40 bits per heavy atom. The topological polar surface area (TPSA) is 80.5 Å². The Morgan fingerprint density at radius 2 is 2.20 bits per heavy atom. The van der Waals surface area contributed by atoms with Crippen molar-refractivity contribution in [2.45, 2.75) is 20.3 Å². The lowest BCUT2D eigenvalue weighted by Gasteiger charge is -2.06. The molecule has 0 aliphatic carbocycles. The second-order valence-corrected chi connectivity index (χ2v) is 3.30. The highest BCUT2D eigenvalue weighted by Crippen LogP contribution is 2.17. The molecule has 78 valence electrons. The van der Waals surface area contributed by atoms with Crippen LogP contribution in [0.1, 0.15) is 18.2 Å². The van der Waals surface area contributed by atoms with Gasteiger partial charge in [0.15, 0.2) is 11.6 Å². The van der Waals surface area contributed by atoms with E-state index in [1.165, 1.54) is 0 Å². The number of aromatic nitrogens is 4. The van der Waals surface area contributed by atoms with Gasteiger partial charge >= 0.3 is 0 Å². The van der Waals surface area contributed by atoms with E-state index in [1.807, 2.05) is 13.8 Å². The van der Waals surface area contributed by atoms with E-state index >= 15 is 0 Å². The van der Waals surface area contributed by atoms with Crippen molar-refractivity contribution in [1.29, 1.82) is 0 Å². The standard InChI is InChI=1S/C10H13N5/c1-3-7-6(2)8(11)15-10(14-7)9-12-4-5-13-9/h4-5H,3H2,1-2H3,(H,12,13)(H2,11,14,15). The van der Waals surface area contributed by atoms with Crippen molar-refractivity contribution in [2.75, 3.05) is 5.73 Å². The van der Waals surface area contributed by atoms with Crippen LogP contribution in [0.4, 0.5) is 5.82 Å². The van der Waals surface area contributed by atoms with E-state index in [0.29, 0.717) is 17.5 Å². The summed E-state index contributed by atoms with van der Waals surface area (Å²) in [5.74, 6) is 1.73. The fourth-order valence-corrected chi connectivity index (χ4v) is 1.42. The second-order valence-electron chi connectivity index (χ2n) is 3.30. The number of aryl methyl sites for hydroxylation is 1. The van der Waals surface area contributed by atoms with Gasteiger partial charge in [-0.3, -0.25) is 0 Å². The van der Waals surface area contributed by atoms with Gasteiger partial charge in [0.1, 0.15) is 5.82 Å². The number of aromatic amines is 1. The second kappa shape index (κ2) is 3.68. The van der Waals surface area contributed by atoms with Crippen molar-refractivity contribution in [2.24, 2.45) is 0 Å². The SMILES string of the molecule is CCc1nc(-c2ncc[nH]2)nc(N)c1C. The highest BCUT2D eigenvalue weighted by Gasteiger charge is 2.09. The minimum atomic E-state index is 0.522. The molecular formula is C10H13N5. The highest BCUT2D eigenvalue weighted by atomic mass is 15.0. The van der Waals surface area contributed by atoms with Crippen LogP contribution in [0.25, 0.3) is 11.6 Å². The van der Waals surface area contributed by atoms with Gasteiger partial charge in [0.2, 0.25) is 0 Å². The van der Waals surface area contributed by atoms with Crippen molar-refractivity contribution in [3.8, 4) is 11.6 Å². The molecule has 2 aromatic rings. The molecule has 0 amide bonds. The summed E-state index contributed by atoms with van der Waals surface area (Å²) in [6.45, 7) is 3.97. The van der Waals surface area contributed by atoms with Crippen LogP contribution < -0.4 is 5.73 Å². The van der Waals surface area contributed by atoms with Crippen molar-refractivity contribution < 1.29 is 0 Å². The number of nitrogens with one attached hydrogen (secondary N) is 1. The summed E-state index contributed by atoms with van der Waals surface area (Å²) in [5.41, 5.74) is 7.73. The molecule has 0 aromatic carbocycles. The molecule has 3 N–H and O–H groups in total. The molecule has 0 unspecified atom stereocenters. The van der Waals surface area contributed by atoms with Crippen LogP contribution >= 0.6 is 0 Å². The minimum absolute atomic E-state index is 0.522. The zero-order valence-electron chi connectivity index (χ0n) is 8.78. The van der Waals surface area contributed by atoms with Crippen molar-refractivity contribution in [1.82, 2.24) is 19.9 Å². The quantitative estimate of drug-likeness (QED) is 0.771. The van der Waals surface area contributed by atoms with E-state index in [9.17, 15) is 0 Å². The molecule has 0 spiro atoms. The number of rotatable bonds is 2. The van der Waals surface area contributed by atoms with Gasteiger partial charge in [-0.25, -0.2) is 15.0 Å². The van der Waals surface area contributed by atoms with Crippen LogP contribution in [0.5, 0.6) is 0 Å². The molecule has 2 aromatic heterocycles. The summed E-state index contributed by atoms with van der Waals surface area (Å²) in [6, 6.07) is 0. The van der Waals surface area contributed by atoms with Crippen LogP contribution in [-0.4, -0.2) is 19.9 Å². The first-order valence-electron chi connectivity index (χ1n) is 4.85. The predicted octanol–water partition coefficient (Wildman–Crippen LogP) is 1.32. The van der Waals surface area contributed by atoms with Crippen molar-refractivity contribution in [3.05, 3.63) is 23.7 Å². The third kappa shape index (κ3) is 1.68. The monoisotopic (exact) mass is 203 g/mol. The normalized spacial score (nSPS) is 10.5. The van der Waals surface area contributed by atoms with Gasteiger partial charge in [-0.2, -0.15) is 0 Å². The lowest BCUT2D eigenvalue weighted by molar-refractivity contribution is 0.972. The van der Waals surface area contributed by atoms with Gasteiger partial charge in [0.05, 0.1) is 0 Å². The molecule has 0 saturated carbocycles. The van der Waals surface area contributed by atoms with Gasteiger partial charge in [-0.05, 0) is 13.3 Å². The van der Waals surface area contributed by atoms with Gasteiger partial charge < -0.3 is 10.7 Å². The molecule has 2 rings (SSSR count). The summed E-state index contributed by atoms with van der Waals surface area (Å²) in [7, 11) is 0. The Bertz CT molecular complexity index is 461. The number of nitrogens with zero attached hydrogens (tertiary/aromatic N) is 3. The third-order valence-corrected chi connectivity index (χ3v) is 2.33. The molecule has 0 aliphatic rings. The number of imidazole rings is 1. The van der Waals surface area contributed by atoms with E-state index in [4.69, 9.17) is 5.73 Å². The number of hydrogen-bond acceptors (Lipinski definition) is 4. The van der Waals surface area contributed by atoms with E-state index in [-0.39, 0.29) is 0 Å². The van der Waals surface area contributed by atoms with Gasteiger partial charge in [0.25, 0.3) is 0 Å². The summed E-state index contributed by atoms with van der Waals surface area (Å²) >= 11 is 0. The summed E-state index contributed by atoms with van der Waals surface area (Å²) in [6.07, 6.45) is 4.24. The first-order valence-corrected chi connectivity index (χ1v) is 4.85. The minimum Gasteiger partial charge on any atom is -0.383 e. The third-order valence-electron chi connectivity index (χ3n) is 2.33. The fraction of sp³-hybridized carbons (Fsp3) is 0.300. The maximum absolute atomic E-state index is 5.81. The lowest BCUT2D eigenvalue weighted by Crippen LogP contribution is -2.04. The lowest BCUT2D eigenvalue weighted by atomic mass is 10.2. The zero-order valence-corrected chi connectivity index (χ0v) is 8.78. The Hall–Kier alpha value is -1.91. The van der Waals surface area contributed by atoms with Crippen LogP contribution in [0, 0.1) is 6.92 Å². The zero-order chi connectivity index (χ0) is 10.8. The molecule has 0 fully saturated rings. The van der Waals surface area contributed by atoms with Crippen LogP contribution in [0.2, 0.25) is 0 Å². The maximum Gasteiger partial charge on any atom is 0.197 e. The number of nitrogens with two attached hydrogens (primary N) is 1. The van der Waals surface area contributed by atoms with E-state index in [1.54, 1.807) is 12.4 Å². The molecule has 15 heavy (non-hydrogen) atoms. The first kappa shape index (κ1) is 9.64. The largest absolute Gasteiger partial charge is 0.383 e. The van der Waals surface area contributed by atoms with Gasteiger partial charge in [-0.15, -0.1) is 0 Å². The molecule has 5 heteroatoms. The Morgan fingerprint density at radius 3 is 2.80 bits per heavy atom. The van der Waals surface area contributed by atoms with E-state index < -0.39 is 0 Å². The maximum atomic E-state index is 5.81. The molecular weight excluding hydrogens is 190 g/mol. The number of hydrogen-bond donors (Lipinski definition) is 2. The van der Waals surface area contributed by atoms with Crippen molar-refractivity contribution >= 4 is 5.82 Å². The van der Waals surface area contributed by atoms with Gasteiger partial charge in [0, 0.05) is 23.7 Å². The summed E-state index contributed by atoms with van der Waals surface area (Å²) in [5, 5.41) is 0. The van der Waals surface area contributed by atoms with Crippen LogP contribution in [-0.2, 0) is 6.42 Å². The average molecular weight is 203 g/mol. The predicted molar refractivity (Wildman–Crippen MR) is 58.1 cm³/mol. The summed E-state index contributed by atoms with van der Waals surface area (Å²) < 4.78 is 0. The Kier molecular flexibility index (Phi) is 2.37. The number of nitrogen functional groups attached to an aromatic ring is 1. The molecule has 2 heterocycles. The molecule has 0 radical (unpaired) electrons. The Balaban J connectivity index is 2.55. The van der Waals surface area contributed by atoms with Crippen LogP contribution in [0.3, 0.4) is 0 Å².